The summed E-state index contributed by atoms with van der Waals surface area (Å²) in [6.45, 7) is 3.92. The number of esters is 2. The first-order valence-electron chi connectivity index (χ1n) is 38.3. The molecule has 92 heavy (non-hydrogen) atoms. The molecule has 0 spiro atoms. The van der Waals surface area contributed by atoms with Gasteiger partial charge in [0.05, 0.1) is 6.61 Å². The predicted molar refractivity (Wildman–Crippen MR) is 407 cm³/mol. The van der Waals surface area contributed by atoms with Gasteiger partial charge in [-0.15, -0.1) is 0 Å². The average molecular weight is 1270 g/mol. The standard InChI is InChI=1S/C87H142O5/c1-3-5-7-9-11-13-15-17-19-21-23-25-27-29-31-33-35-37-39-41-42-43-44-46-47-49-51-53-55-57-59-61-63-65-67-69-71-73-75-77-79-81-86(89)91-84-85(83-88)92-87(90)82-80-78-76-74-72-70-68-66-64-62-60-58-56-54-52-50-48-45-40-38-36-34-32-30-28-26-24-22-20-18-16-14-12-10-8-6-4-2/h5-8,11-14,17-20,23-26,29-32,36,38,45,48,52,54,58,60,64,66,85,88H,3-4,9-10,15-16,21-22,27-28,33-35,37,39-44,46-47,49-51,53,55-57,59,61-63,65,67-84H2,1-2H3/b7-5-,8-6-,13-11-,14-12-,19-17-,20-18-,25-23-,26-24-,31-29-,32-30-,38-36-,48-45-,54-52-,60-58-,66-64-. The Kier molecular flexibility index (Phi) is 75.9. The number of hydrogen-bond donors (Lipinski definition) is 1. The van der Waals surface area contributed by atoms with Gasteiger partial charge in [-0.05, 0) is 135 Å². The molecular formula is C87H142O5. The lowest BCUT2D eigenvalue weighted by Crippen LogP contribution is -2.28. The molecule has 0 rings (SSSR count). The summed E-state index contributed by atoms with van der Waals surface area (Å²) in [7, 11) is 0. The van der Waals surface area contributed by atoms with E-state index in [1.165, 1.54) is 167 Å². The van der Waals surface area contributed by atoms with Crippen LogP contribution in [0.15, 0.2) is 182 Å². The summed E-state index contributed by atoms with van der Waals surface area (Å²) >= 11 is 0. The van der Waals surface area contributed by atoms with Gasteiger partial charge in [0, 0.05) is 12.8 Å². The van der Waals surface area contributed by atoms with Crippen LogP contribution in [0.4, 0.5) is 0 Å². The van der Waals surface area contributed by atoms with Crippen LogP contribution in [0.1, 0.15) is 335 Å². The average Bonchev–Trinajstić information content (AvgIpc) is 3.70. The van der Waals surface area contributed by atoms with Gasteiger partial charge in [0.15, 0.2) is 6.10 Å². The monoisotopic (exact) mass is 1270 g/mol. The van der Waals surface area contributed by atoms with Gasteiger partial charge in [-0.2, -0.15) is 0 Å². The van der Waals surface area contributed by atoms with Crippen molar-refractivity contribution in [1.29, 1.82) is 0 Å². The molecule has 5 heteroatoms. The lowest BCUT2D eigenvalue weighted by Gasteiger charge is -2.15. The Morgan fingerprint density at radius 3 is 0.652 bits per heavy atom. The minimum absolute atomic E-state index is 0.0784. The molecule has 1 atom stereocenters. The molecule has 0 aliphatic rings. The van der Waals surface area contributed by atoms with E-state index in [9.17, 15) is 14.7 Å². The summed E-state index contributed by atoms with van der Waals surface area (Å²) in [4.78, 5) is 24.7. The highest BCUT2D eigenvalue weighted by molar-refractivity contribution is 5.70. The Hall–Kier alpha value is -5.00. The number of aliphatic hydroxyl groups excluding tert-OH is 1. The molecule has 0 saturated carbocycles. The number of aliphatic hydroxyl groups is 1. The molecule has 0 amide bonds. The molecule has 520 valence electrons. The Labute approximate surface area is 569 Å². The van der Waals surface area contributed by atoms with E-state index in [1.54, 1.807) is 0 Å². The van der Waals surface area contributed by atoms with E-state index in [1.807, 2.05) is 0 Å². The van der Waals surface area contributed by atoms with Crippen LogP contribution >= 0.6 is 0 Å². The number of unbranched alkanes of at least 4 members (excludes halogenated alkanes) is 31. The van der Waals surface area contributed by atoms with Crippen molar-refractivity contribution < 1.29 is 24.2 Å². The quantitative estimate of drug-likeness (QED) is 0.0373. The summed E-state index contributed by atoms with van der Waals surface area (Å²) in [5, 5.41) is 9.72. The zero-order valence-corrected chi connectivity index (χ0v) is 59.7. The number of allylic oxidation sites excluding steroid dienone is 30. The van der Waals surface area contributed by atoms with Crippen molar-refractivity contribution in [3.05, 3.63) is 182 Å². The van der Waals surface area contributed by atoms with Crippen molar-refractivity contribution in [2.24, 2.45) is 0 Å². The van der Waals surface area contributed by atoms with Gasteiger partial charge in [0.25, 0.3) is 0 Å². The Morgan fingerprint density at radius 2 is 0.435 bits per heavy atom. The first kappa shape index (κ1) is 87.0. The van der Waals surface area contributed by atoms with Gasteiger partial charge in [-0.25, -0.2) is 0 Å². The Bertz CT molecular complexity index is 2020. The van der Waals surface area contributed by atoms with Crippen LogP contribution in [0, 0.1) is 0 Å². The molecule has 0 aromatic carbocycles. The third kappa shape index (κ3) is 77.4. The SMILES string of the molecule is CC/C=C\C/C=C\C/C=C\C/C=C\C/C=C\C/C=C\C/C=C\C/C=C\C/C=C\C/C=C\CCCCCCCCC(=O)OC(CO)COC(=O)CCCCCCCCCCCCCCCCCCCCCCCCCCC/C=C\C/C=C\C/C=C\C/C=C\C/C=C\CC. The fraction of sp³-hybridized carbons (Fsp3) is 0.632. The first-order chi connectivity index (χ1) is 45.6. The van der Waals surface area contributed by atoms with Crippen LogP contribution < -0.4 is 0 Å². The smallest absolute Gasteiger partial charge is 0.306 e. The normalized spacial score (nSPS) is 13.3. The molecule has 0 radical (unpaired) electrons. The lowest BCUT2D eigenvalue weighted by molar-refractivity contribution is -0.161. The molecule has 5 nitrogen and oxygen atoms in total. The third-order valence-electron chi connectivity index (χ3n) is 16.2. The van der Waals surface area contributed by atoms with E-state index in [0.717, 1.165) is 141 Å². The maximum absolute atomic E-state index is 12.4. The molecular weight excluding hydrogens is 1120 g/mol. The molecule has 0 saturated heterocycles. The minimum Gasteiger partial charge on any atom is -0.462 e. The van der Waals surface area contributed by atoms with Crippen molar-refractivity contribution >= 4 is 11.9 Å². The van der Waals surface area contributed by atoms with Gasteiger partial charge in [0.1, 0.15) is 6.61 Å². The molecule has 0 fully saturated rings. The highest BCUT2D eigenvalue weighted by Gasteiger charge is 2.16. The van der Waals surface area contributed by atoms with Crippen LogP contribution in [0.5, 0.6) is 0 Å². The van der Waals surface area contributed by atoms with Crippen molar-refractivity contribution in [2.75, 3.05) is 13.2 Å². The summed E-state index contributed by atoms with van der Waals surface area (Å²) in [5.41, 5.74) is 0. The van der Waals surface area contributed by atoms with Gasteiger partial charge in [-0.1, -0.05) is 369 Å². The van der Waals surface area contributed by atoms with Crippen molar-refractivity contribution in [2.45, 2.75) is 341 Å². The van der Waals surface area contributed by atoms with Crippen molar-refractivity contribution in [3.63, 3.8) is 0 Å². The number of carbonyl (C=O) groups excluding carboxylic acids is 2. The van der Waals surface area contributed by atoms with E-state index < -0.39 is 6.10 Å². The molecule has 0 heterocycles. The second-order valence-corrected chi connectivity index (χ2v) is 25.0. The fourth-order valence-electron chi connectivity index (χ4n) is 10.6. The fourth-order valence-corrected chi connectivity index (χ4v) is 10.6. The highest BCUT2D eigenvalue weighted by atomic mass is 16.6. The Morgan fingerprint density at radius 1 is 0.250 bits per heavy atom. The second kappa shape index (κ2) is 80.2. The van der Waals surface area contributed by atoms with E-state index in [4.69, 9.17) is 9.47 Å². The van der Waals surface area contributed by atoms with Crippen LogP contribution in [-0.4, -0.2) is 36.4 Å². The van der Waals surface area contributed by atoms with E-state index in [0.29, 0.717) is 12.8 Å². The van der Waals surface area contributed by atoms with Crippen LogP contribution in [0.25, 0.3) is 0 Å². The maximum atomic E-state index is 12.4. The van der Waals surface area contributed by atoms with Crippen LogP contribution in [-0.2, 0) is 19.1 Å². The van der Waals surface area contributed by atoms with E-state index >= 15 is 0 Å². The number of hydrogen-bond acceptors (Lipinski definition) is 5. The predicted octanol–water partition coefficient (Wildman–Crippen LogP) is 27.3. The molecule has 0 aromatic rings. The maximum Gasteiger partial charge on any atom is 0.306 e. The van der Waals surface area contributed by atoms with Crippen LogP contribution in [0.3, 0.4) is 0 Å². The summed E-state index contributed by atoms with van der Waals surface area (Å²) in [6, 6.07) is 0. The zero-order valence-electron chi connectivity index (χ0n) is 59.7. The van der Waals surface area contributed by atoms with Gasteiger partial charge in [-0.3, -0.25) is 9.59 Å². The molecule has 0 aliphatic carbocycles. The van der Waals surface area contributed by atoms with Crippen molar-refractivity contribution in [1.82, 2.24) is 0 Å². The molecule has 0 bridgehead atoms. The van der Waals surface area contributed by atoms with Crippen LogP contribution in [0.2, 0.25) is 0 Å². The summed E-state index contributed by atoms with van der Waals surface area (Å²) in [5.74, 6) is -0.606. The number of rotatable bonds is 69. The molecule has 1 N–H and O–H groups in total. The van der Waals surface area contributed by atoms with Gasteiger partial charge in [0.2, 0.25) is 0 Å². The zero-order chi connectivity index (χ0) is 66.1. The molecule has 0 aromatic heterocycles. The van der Waals surface area contributed by atoms with Gasteiger partial charge < -0.3 is 14.6 Å². The lowest BCUT2D eigenvalue weighted by atomic mass is 10.0. The minimum atomic E-state index is -0.792. The Balaban J connectivity index is 3.52. The van der Waals surface area contributed by atoms with E-state index in [2.05, 4.69) is 196 Å². The summed E-state index contributed by atoms with van der Waals surface area (Å²) < 4.78 is 10.8. The van der Waals surface area contributed by atoms with Gasteiger partial charge >= 0.3 is 11.9 Å². The highest BCUT2D eigenvalue weighted by Crippen LogP contribution is 2.18. The molecule has 0 aliphatic heterocycles. The molecule has 1 unspecified atom stereocenters. The largest absolute Gasteiger partial charge is 0.462 e. The summed E-state index contributed by atoms with van der Waals surface area (Å²) in [6.07, 6.45) is 125. The first-order valence-corrected chi connectivity index (χ1v) is 38.3. The van der Waals surface area contributed by atoms with Crippen molar-refractivity contribution in [3.8, 4) is 0 Å². The number of carbonyl (C=O) groups is 2. The number of ether oxygens (including phenoxy) is 2. The van der Waals surface area contributed by atoms with E-state index in [-0.39, 0.29) is 25.2 Å². The third-order valence-corrected chi connectivity index (χ3v) is 16.2. The second-order valence-electron chi connectivity index (χ2n) is 25.0. The topological polar surface area (TPSA) is 72.8 Å².